The fourth-order valence-corrected chi connectivity index (χ4v) is 3.43. The lowest BCUT2D eigenvalue weighted by atomic mass is 10.0. The Balaban J connectivity index is 1.62. The number of hydrogen-bond acceptors (Lipinski definition) is 3. The summed E-state index contributed by atoms with van der Waals surface area (Å²) in [6.07, 6.45) is 5.13. The third-order valence-corrected chi connectivity index (χ3v) is 4.62. The molecule has 0 bridgehead atoms. The van der Waals surface area contributed by atoms with Gasteiger partial charge < -0.3 is 9.64 Å². The molecule has 1 amide bonds. The Labute approximate surface area is 129 Å². The molecule has 1 unspecified atom stereocenters. The molecule has 1 aliphatic carbocycles. The Bertz CT molecular complexity index is 681. The van der Waals surface area contributed by atoms with Crippen molar-refractivity contribution in [2.24, 2.45) is 0 Å². The second kappa shape index (κ2) is 5.57. The van der Waals surface area contributed by atoms with Crippen LogP contribution in [0.4, 0.5) is 0 Å². The van der Waals surface area contributed by atoms with Crippen LogP contribution in [0.25, 0.3) is 0 Å². The van der Waals surface area contributed by atoms with Crippen molar-refractivity contribution in [3.05, 3.63) is 52.8 Å². The number of hydrogen-bond donors (Lipinski definition) is 1. The highest BCUT2D eigenvalue weighted by Crippen LogP contribution is 2.27. The molecule has 114 valence electrons. The van der Waals surface area contributed by atoms with Crippen LogP contribution in [0, 0.1) is 0 Å². The summed E-state index contributed by atoms with van der Waals surface area (Å²) in [6, 6.07) is 7.97. The highest BCUT2D eigenvalue weighted by molar-refractivity contribution is 5.95. The molecule has 5 heteroatoms. The van der Waals surface area contributed by atoms with Crippen LogP contribution in [-0.2, 0) is 17.6 Å². The Morgan fingerprint density at radius 1 is 1.27 bits per heavy atom. The number of aromatic amines is 1. The van der Waals surface area contributed by atoms with Crippen LogP contribution >= 0.6 is 0 Å². The van der Waals surface area contributed by atoms with E-state index in [0.717, 1.165) is 24.1 Å². The lowest BCUT2D eigenvalue weighted by molar-refractivity contribution is -0.00391. The third kappa shape index (κ3) is 2.31. The van der Waals surface area contributed by atoms with Crippen LogP contribution in [0.1, 0.15) is 39.6 Å². The fourth-order valence-electron chi connectivity index (χ4n) is 3.43. The number of morpholine rings is 1. The minimum atomic E-state index is -0.0861. The van der Waals surface area contributed by atoms with Crippen molar-refractivity contribution >= 4 is 5.91 Å². The molecule has 2 aromatic rings. The molecule has 1 saturated heterocycles. The maximum atomic E-state index is 12.9. The summed E-state index contributed by atoms with van der Waals surface area (Å²) in [7, 11) is 0. The van der Waals surface area contributed by atoms with Crippen LogP contribution in [0.5, 0.6) is 0 Å². The molecule has 0 saturated carbocycles. The Morgan fingerprint density at radius 3 is 3.05 bits per heavy atom. The molecular weight excluding hydrogens is 278 g/mol. The van der Waals surface area contributed by atoms with Gasteiger partial charge >= 0.3 is 0 Å². The highest BCUT2D eigenvalue weighted by Gasteiger charge is 2.30. The molecule has 1 aromatic heterocycles. The average molecular weight is 297 g/mol. The minimum absolute atomic E-state index is 0.0811. The predicted octanol–water partition coefficient (Wildman–Crippen LogP) is 2.11. The van der Waals surface area contributed by atoms with Gasteiger partial charge in [0, 0.05) is 18.3 Å². The van der Waals surface area contributed by atoms with E-state index in [1.165, 1.54) is 17.5 Å². The first-order chi connectivity index (χ1) is 10.8. The van der Waals surface area contributed by atoms with Gasteiger partial charge in [-0.1, -0.05) is 6.07 Å². The van der Waals surface area contributed by atoms with Gasteiger partial charge in [-0.15, -0.1) is 0 Å². The smallest absolute Gasteiger partial charge is 0.254 e. The zero-order valence-corrected chi connectivity index (χ0v) is 12.4. The first-order valence-electron chi connectivity index (χ1n) is 7.83. The van der Waals surface area contributed by atoms with Gasteiger partial charge in [0.05, 0.1) is 24.9 Å². The number of fused-ring (bicyclic) bond motifs is 1. The number of carbonyl (C=O) groups is 1. The summed E-state index contributed by atoms with van der Waals surface area (Å²) in [5.74, 6) is 0.0811. The van der Waals surface area contributed by atoms with E-state index in [4.69, 9.17) is 4.74 Å². The molecule has 1 aromatic carbocycles. The van der Waals surface area contributed by atoms with Gasteiger partial charge in [0.15, 0.2) is 0 Å². The molecule has 1 N–H and O–H groups in total. The lowest BCUT2D eigenvalue weighted by Crippen LogP contribution is -2.43. The first kappa shape index (κ1) is 13.5. The Hall–Kier alpha value is -2.14. The summed E-state index contributed by atoms with van der Waals surface area (Å²) in [4.78, 5) is 14.8. The first-order valence-corrected chi connectivity index (χ1v) is 7.83. The molecule has 2 aliphatic rings. The lowest BCUT2D eigenvalue weighted by Gasteiger charge is -2.35. The van der Waals surface area contributed by atoms with Crippen molar-refractivity contribution < 1.29 is 9.53 Å². The van der Waals surface area contributed by atoms with Crippen molar-refractivity contribution in [2.45, 2.75) is 25.3 Å². The van der Waals surface area contributed by atoms with E-state index in [0.29, 0.717) is 19.8 Å². The van der Waals surface area contributed by atoms with Crippen LogP contribution < -0.4 is 0 Å². The second-order valence-electron chi connectivity index (χ2n) is 5.94. The number of H-pyrrole nitrogens is 1. The van der Waals surface area contributed by atoms with E-state index in [1.807, 2.05) is 17.0 Å². The molecule has 1 atom stereocenters. The van der Waals surface area contributed by atoms with Gasteiger partial charge in [-0.2, -0.15) is 5.10 Å². The number of aromatic nitrogens is 2. The topological polar surface area (TPSA) is 58.2 Å². The minimum Gasteiger partial charge on any atom is -0.377 e. The Kier molecular flexibility index (Phi) is 3.42. The van der Waals surface area contributed by atoms with Crippen molar-refractivity contribution in [1.29, 1.82) is 0 Å². The second-order valence-corrected chi connectivity index (χ2v) is 5.94. The monoisotopic (exact) mass is 297 g/mol. The summed E-state index contributed by atoms with van der Waals surface area (Å²) in [5.41, 5.74) is 4.43. The fraction of sp³-hybridized carbons (Fsp3) is 0.412. The van der Waals surface area contributed by atoms with Crippen molar-refractivity contribution in [3.63, 3.8) is 0 Å². The third-order valence-electron chi connectivity index (χ3n) is 4.62. The zero-order valence-electron chi connectivity index (χ0n) is 12.4. The van der Waals surface area contributed by atoms with Gasteiger partial charge in [0.1, 0.15) is 0 Å². The maximum Gasteiger partial charge on any atom is 0.254 e. The van der Waals surface area contributed by atoms with Crippen LogP contribution in [-0.4, -0.2) is 40.8 Å². The van der Waals surface area contributed by atoms with Gasteiger partial charge in [-0.3, -0.25) is 9.89 Å². The highest BCUT2D eigenvalue weighted by atomic mass is 16.5. The largest absolute Gasteiger partial charge is 0.377 e. The van der Waals surface area contributed by atoms with E-state index >= 15 is 0 Å². The predicted molar refractivity (Wildman–Crippen MR) is 81.7 cm³/mol. The molecule has 0 radical (unpaired) electrons. The van der Waals surface area contributed by atoms with Crippen LogP contribution in [0.15, 0.2) is 30.5 Å². The number of ether oxygens (including phenoxy) is 1. The van der Waals surface area contributed by atoms with Gasteiger partial charge in [0.25, 0.3) is 5.91 Å². The van der Waals surface area contributed by atoms with Gasteiger partial charge in [-0.25, -0.2) is 0 Å². The molecule has 2 heterocycles. The van der Waals surface area contributed by atoms with E-state index in [1.54, 1.807) is 6.20 Å². The molecule has 22 heavy (non-hydrogen) atoms. The standard InChI is InChI=1S/C17H19N3O2/c21-17(14-5-4-12-2-1-3-13(12)10-14)20-8-9-22-11-16(20)15-6-7-18-19-15/h4-7,10,16H,1-3,8-9,11H2,(H,18,19). The van der Waals surface area contributed by atoms with E-state index < -0.39 is 0 Å². The molecule has 0 spiro atoms. The molecule has 5 nitrogen and oxygen atoms in total. The average Bonchev–Trinajstić information content (AvgIpc) is 3.24. The van der Waals surface area contributed by atoms with Crippen molar-refractivity contribution in [1.82, 2.24) is 15.1 Å². The number of nitrogens with one attached hydrogen (secondary N) is 1. The molecule has 1 aliphatic heterocycles. The maximum absolute atomic E-state index is 12.9. The van der Waals surface area contributed by atoms with Crippen molar-refractivity contribution in [3.8, 4) is 0 Å². The number of carbonyl (C=O) groups excluding carboxylic acids is 1. The normalized spacial score (nSPS) is 20.9. The number of rotatable bonds is 2. The number of aryl methyl sites for hydroxylation is 2. The molecular formula is C17H19N3O2. The molecule has 1 fully saturated rings. The summed E-state index contributed by atoms with van der Waals surface area (Å²) < 4.78 is 5.55. The SMILES string of the molecule is O=C(c1ccc2c(c1)CCC2)N1CCOCC1c1ccn[nH]1. The number of nitrogens with zero attached hydrogens (tertiary/aromatic N) is 2. The summed E-state index contributed by atoms with van der Waals surface area (Å²) in [5, 5.41) is 6.95. The van der Waals surface area contributed by atoms with Crippen LogP contribution in [0.2, 0.25) is 0 Å². The molecule has 4 rings (SSSR count). The van der Waals surface area contributed by atoms with Gasteiger partial charge in [0.2, 0.25) is 0 Å². The van der Waals surface area contributed by atoms with Crippen LogP contribution in [0.3, 0.4) is 0 Å². The van der Waals surface area contributed by atoms with E-state index in [-0.39, 0.29) is 11.9 Å². The Morgan fingerprint density at radius 2 is 2.18 bits per heavy atom. The summed E-state index contributed by atoms with van der Waals surface area (Å²) >= 11 is 0. The summed E-state index contributed by atoms with van der Waals surface area (Å²) in [6.45, 7) is 1.71. The quantitative estimate of drug-likeness (QED) is 0.923. The van der Waals surface area contributed by atoms with E-state index in [2.05, 4.69) is 22.3 Å². The number of benzene rings is 1. The van der Waals surface area contributed by atoms with E-state index in [9.17, 15) is 4.79 Å². The number of amides is 1. The van der Waals surface area contributed by atoms with Crippen molar-refractivity contribution in [2.75, 3.05) is 19.8 Å². The zero-order chi connectivity index (χ0) is 14.9. The van der Waals surface area contributed by atoms with Gasteiger partial charge in [-0.05, 0) is 48.6 Å².